The van der Waals surface area contributed by atoms with Gasteiger partial charge in [-0.05, 0) is 6.92 Å². The maximum absolute atomic E-state index is 10.4. The molecule has 1 aliphatic heterocycles. The zero-order valence-electron chi connectivity index (χ0n) is 5.09. The van der Waals surface area contributed by atoms with Crippen LogP contribution in [-0.4, -0.2) is 17.8 Å². The van der Waals surface area contributed by atoms with E-state index in [4.69, 9.17) is 0 Å². The molecule has 9 heavy (non-hydrogen) atoms. The largest absolute Gasteiger partial charge is 0.288 e. The molecule has 3 nitrogen and oxygen atoms in total. The zero-order chi connectivity index (χ0) is 6.85. The van der Waals surface area contributed by atoms with Gasteiger partial charge in [-0.1, -0.05) is 6.58 Å². The van der Waals surface area contributed by atoms with E-state index in [9.17, 15) is 4.79 Å². The Balaban J connectivity index is 2.95. The minimum atomic E-state index is -0.306. The molecule has 0 fully saturated rings. The van der Waals surface area contributed by atoms with Crippen molar-refractivity contribution in [3.05, 3.63) is 12.3 Å². The Labute approximate surface area is 52.8 Å². The van der Waals surface area contributed by atoms with E-state index >= 15 is 0 Å². The van der Waals surface area contributed by atoms with E-state index in [1.807, 2.05) is 0 Å². The van der Waals surface area contributed by atoms with Gasteiger partial charge in [0.25, 0.3) is 5.91 Å². The Morgan fingerprint density at radius 1 is 1.67 bits per heavy atom. The Hall–Kier alpha value is -1.25. The second-order valence-electron chi connectivity index (χ2n) is 1.74. The monoisotopic (exact) mass is 122 g/mol. The van der Waals surface area contributed by atoms with Gasteiger partial charge in [-0.3, -0.25) is 4.79 Å². The van der Waals surface area contributed by atoms with E-state index in [1.54, 1.807) is 6.92 Å². The van der Waals surface area contributed by atoms with Crippen molar-refractivity contribution in [1.29, 1.82) is 0 Å². The van der Waals surface area contributed by atoms with Gasteiger partial charge in [0.15, 0.2) is 0 Å². The lowest BCUT2D eigenvalue weighted by atomic mass is 10.3. The Morgan fingerprint density at radius 3 is 2.78 bits per heavy atom. The molecule has 1 amide bonds. The van der Waals surface area contributed by atoms with E-state index in [2.05, 4.69) is 16.6 Å². The van der Waals surface area contributed by atoms with Gasteiger partial charge in [0.2, 0.25) is 0 Å². The van der Waals surface area contributed by atoms with Crippen LogP contribution < -0.4 is 0 Å². The number of rotatable bonds is 0. The normalized spacial score (nSPS) is 18.1. The SMILES string of the molecule is C=C1N=CC(=O)N=C1C. The van der Waals surface area contributed by atoms with Gasteiger partial charge in [-0.15, -0.1) is 0 Å². The van der Waals surface area contributed by atoms with E-state index in [0.717, 1.165) is 6.21 Å². The summed E-state index contributed by atoms with van der Waals surface area (Å²) < 4.78 is 0. The Bertz CT molecular complexity index is 225. The summed E-state index contributed by atoms with van der Waals surface area (Å²) in [5, 5.41) is 0. The molecule has 0 N–H and O–H groups in total. The van der Waals surface area contributed by atoms with Crippen LogP contribution in [0, 0.1) is 0 Å². The van der Waals surface area contributed by atoms with E-state index in [-0.39, 0.29) is 5.91 Å². The quantitative estimate of drug-likeness (QED) is 0.463. The summed E-state index contributed by atoms with van der Waals surface area (Å²) in [6, 6.07) is 0. The van der Waals surface area contributed by atoms with Crippen molar-refractivity contribution < 1.29 is 4.79 Å². The van der Waals surface area contributed by atoms with Crippen LogP contribution in [-0.2, 0) is 4.79 Å². The number of amides is 1. The predicted molar refractivity (Wildman–Crippen MR) is 35.7 cm³/mol. The third kappa shape index (κ3) is 1.10. The topological polar surface area (TPSA) is 41.8 Å². The van der Waals surface area contributed by atoms with E-state index in [1.165, 1.54) is 0 Å². The highest BCUT2D eigenvalue weighted by atomic mass is 16.1. The molecule has 0 aromatic carbocycles. The van der Waals surface area contributed by atoms with Gasteiger partial charge in [0.05, 0.1) is 17.6 Å². The third-order valence-electron chi connectivity index (χ3n) is 1.03. The molecule has 0 aliphatic carbocycles. The van der Waals surface area contributed by atoms with Crippen molar-refractivity contribution >= 4 is 17.8 Å². The van der Waals surface area contributed by atoms with Crippen molar-refractivity contribution in [3.63, 3.8) is 0 Å². The lowest BCUT2D eigenvalue weighted by Gasteiger charge is -2.00. The van der Waals surface area contributed by atoms with Gasteiger partial charge in [0.1, 0.15) is 0 Å². The molecule has 46 valence electrons. The van der Waals surface area contributed by atoms with Crippen molar-refractivity contribution in [3.8, 4) is 0 Å². The molecule has 0 saturated heterocycles. The molecule has 0 aromatic rings. The maximum Gasteiger partial charge on any atom is 0.288 e. The molecule has 1 aliphatic rings. The summed E-state index contributed by atoms with van der Waals surface area (Å²) in [5.74, 6) is -0.306. The van der Waals surface area contributed by atoms with Gasteiger partial charge in [0, 0.05) is 0 Å². The number of allylic oxidation sites excluding steroid dienone is 1. The van der Waals surface area contributed by atoms with Crippen LogP contribution in [0.1, 0.15) is 6.92 Å². The molecule has 3 heteroatoms. The lowest BCUT2D eigenvalue weighted by Crippen LogP contribution is -2.07. The first-order valence-electron chi connectivity index (χ1n) is 2.53. The molecular weight excluding hydrogens is 116 g/mol. The van der Waals surface area contributed by atoms with E-state index < -0.39 is 0 Å². The highest BCUT2D eigenvalue weighted by molar-refractivity contribution is 6.32. The first kappa shape index (κ1) is 5.88. The van der Waals surface area contributed by atoms with Crippen LogP contribution in [0.25, 0.3) is 0 Å². The summed E-state index contributed by atoms with van der Waals surface area (Å²) in [4.78, 5) is 17.7. The Kier molecular flexibility index (Phi) is 1.26. The summed E-state index contributed by atoms with van der Waals surface area (Å²) in [5.41, 5.74) is 1.16. The van der Waals surface area contributed by atoms with Gasteiger partial charge in [-0.25, -0.2) is 9.98 Å². The number of hydrogen-bond acceptors (Lipinski definition) is 2. The molecule has 0 unspecified atom stereocenters. The van der Waals surface area contributed by atoms with Crippen molar-refractivity contribution in [1.82, 2.24) is 0 Å². The number of carbonyl (C=O) groups excluding carboxylic acids is 1. The molecule has 0 radical (unpaired) electrons. The summed E-state index contributed by atoms with van der Waals surface area (Å²) in [7, 11) is 0. The Morgan fingerprint density at radius 2 is 2.33 bits per heavy atom. The van der Waals surface area contributed by atoms with Crippen LogP contribution in [0.3, 0.4) is 0 Å². The number of hydrogen-bond donors (Lipinski definition) is 0. The second-order valence-corrected chi connectivity index (χ2v) is 1.74. The molecular formula is C6H6N2O. The van der Waals surface area contributed by atoms with Crippen molar-refractivity contribution in [2.75, 3.05) is 0 Å². The molecule has 1 heterocycles. The molecule has 0 atom stereocenters. The second kappa shape index (κ2) is 1.93. The molecule has 0 spiro atoms. The smallest absolute Gasteiger partial charge is 0.266 e. The highest BCUT2D eigenvalue weighted by Crippen LogP contribution is 2.00. The summed E-state index contributed by atoms with van der Waals surface area (Å²) in [6.07, 6.45) is 1.16. The van der Waals surface area contributed by atoms with E-state index in [0.29, 0.717) is 11.4 Å². The number of carbonyl (C=O) groups is 1. The number of nitrogens with zero attached hydrogens (tertiary/aromatic N) is 2. The molecule has 1 rings (SSSR count). The molecule has 0 bridgehead atoms. The van der Waals surface area contributed by atoms with Gasteiger partial charge < -0.3 is 0 Å². The predicted octanol–water partition coefficient (Wildman–Crippen LogP) is 0.572. The average molecular weight is 122 g/mol. The first-order valence-corrected chi connectivity index (χ1v) is 2.53. The highest BCUT2D eigenvalue weighted by Gasteiger charge is 2.04. The molecule has 0 saturated carbocycles. The minimum absolute atomic E-state index is 0.306. The maximum atomic E-state index is 10.4. The lowest BCUT2D eigenvalue weighted by molar-refractivity contribution is -0.111. The average Bonchev–Trinajstić information content (AvgIpc) is 1.80. The van der Waals surface area contributed by atoms with Crippen LogP contribution in [0.5, 0.6) is 0 Å². The van der Waals surface area contributed by atoms with Gasteiger partial charge >= 0.3 is 0 Å². The third-order valence-corrected chi connectivity index (χ3v) is 1.03. The summed E-state index contributed by atoms with van der Waals surface area (Å²) >= 11 is 0. The minimum Gasteiger partial charge on any atom is -0.266 e. The summed E-state index contributed by atoms with van der Waals surface area (Å²) in [6.45, 7) is 5.25. The van der Waals surface area contributed by atoms with Crippen LogP contribution in [0.15, 0.2) is 22.3 Å². The van der Waals surface area contributed by atoms with Crippen molar-refractivity contribution in [2.24, 2.45) is 9.98 Å². The fraction of sp³-hybridized carbons (Fsp3) is 0.167. The molecule has 0 aromatic heterocycles. The van der Waals surface area contributed by atoms with Crippen LogP contribution in [0.4, 0.5) is 0 Å². The standard InChI is InChI=1S/C6H6N2O/c1-4-5(2)8-6(9)3-7-4/h3H,1H2,2H3. The first-order chi connectivity index (χ1) is 4.20. The number of aliphatic imine (C=N–C) groups is 2. The van der Waals surface area contributed by atoms with Gasteiger partial charge in [-0.2, -0.15) is 0 Å². The van der Waals surface area contributed by atoms with Crippen LogP contribution >= 0.6 is 0 Å². The van der Waals surface area contributed by atoms with Crippen LogP contribution in [0.2, 0.25) is 0 Å². The zero-order valence-corrected chi connectivity index (χ0v) is 5.09. The fourth-order valence-electron chi connectivity index (χ4n) is 0.485. The van der Waals surface area contributed by atoms with Crippen molar-refractivity contribution in [2.45, 2.75) is 6.92 Å². The fourth-order valence-corrected chi connectivity index (χ4v) is 0.485.